The highest BCUT2D eigenvalue weighted by Crippen LogP contribution is 2.39. The molecule has 0 spiro atoms. The first-order valence-corrected chi connectivity index (χ1v) is 7.02. The second-order valence-electron chi connectivity index (χ2n) is 4.78. The fraction of sp³-hybridized carbons (Fsp3) is 0.538. The maximum Gasteiger partial charge on any atom is 0.324 e. The Morgan fingerprint density at radius 1 is 1.43 bits per heavy atom. The Balaban J connectivity index is 2.38. The molecule has 1 aliphatic heterocycles. The third kappa shape index (κ3) is 3.16. The van der Waals surface area contributed by atoms with Crippen LogP contribution in [0.15, 0.2) is 24.3 Å². The van der Waals surface area contributed by atoms with Crippen LogP contribution in [0.25, 0.3) is 0 Å². The maximum atomic E-state index is 12.9. The number of benzene rings is 1. The minimum atomic E-state index is -2.18. The van der Waals surface area contributed by atoms with Gasteiger partial charge in [-0.25, -0.2) is 0 Å². The first-order valence-electron chi connectivity index (χ1n) is 7.02. The number of anilines is 1. The zero-order valence-corrected chi connectivity index (χ0v) is 12.3. The van der Waals surface area contributed by atoms with E-state index in [1.54, 1.807) is 31.2 Å². The van der Waals surface area contributed by atoms with Gasteiger partial charge in [0.2, 0.25) is 5.69 Å². The van der Waals surface area contributed by atoms with Gasteiger partial charge >= 0.3 is 5.97 Å². The number of rotatable bonds is 6. The number of nitrogens with zero attached hydrogens (tertiary/aromatic N) is 2. The van der Waals surface area contributed by atoms with Gasteiger partial charge in [0.25, 0.3) is 0 Å². The van der Waals surface area contributed by atoms with Crippen molar-refractivity contribution < 1.29 is 14.8 Å². The van der Waals surface area contributed by atoms with E-state index in [9.17, 15) is 10.3 Å². The molecule has 0 bridgehead atoms. The molecule has 0 aliphatic carbocycles. The first-order chi connectivity index (χ1) is 9.94. The molecule has 2 rings (SSSR count). The average molecular weight is 298 g/mol. The van der Waals surface area contributed by atoms with Crippen LogP contribution in [-0.2, 0) is 9.68 Å². The number of nitrogens with one attached hydrogen (secondary N) is 1. The molecule has 2 unspecified atom stereocenters. The molecule has 1 aromatic rings. The largest absolute Gasteiger partial charge is 0.572 e. The van der Waals surface area contributed by atoms with Gasteiger partial charge in [0, 0.05) is 6.07 Å². The van der Waals surface area contributed by atoms with E-state index >= 15 is 0 Å². The predicted octanol–water partition coefficient (Wildman–Crippen LogP) is 1.06. The van der Waals surface area contributed by atoms with Gasteiger partial charge in [-0.15, -0.1) is 0 Å². The Bertz CT molecular complexity index is 485. The minimum absolute atomic E-state index is 0.242. The predicted molar refractivity (Wildman–Crippen MR) is 78.8 cm³/mol. The summed E-state index contributed by atoms with van der Waals surface area (Å²) in [5.41, 5.74) is 8.68. The van der Waals surface area contributed by atoms with E-state index in [-0.39, 0.29) is 18.9 Å². The summed E-state index contributed by atoms with van der Waals surface area (Å²) in [5, 5.41) is 24.2. The number of para-hydroxylation sites is 2. The van der Waals surface area contributed by atoms with Gasteiger partial charge in [-0.1, -0.05) is 35.8 Å². The summed E-state index contributed by atoms with van der Waals surface area (Å²) in [6.07, 6.45) is 1.61. The number of nitrogens with two attached hydrogens (primary N) is 1. The molecule has 1 aliphatic rings. The van der Waals surface area contributed by atoms with Crippen molar-refractivity contribution in [1.29, 1.82) is 0 Å². The molecule has 21 heavy (non-hydrogen) atoms. The van der Waals surface area contributed by atoms with Crippen molar-refractivity contribution in [3.05, 3.63) is 29.5 Å². The van der Waals surface area contributed by atoms with Crippen LogP contribution >= 0.6 is 0 Å². The van der Waals surface area contributed by atoms with E-state index < -0.39 is 10.9 Å². The van der Waals surface area contributed by atoms with Gasteiger partial charge in [-0.3, -0.25) is 10.6 Å². The van der Waals surface area contributed by atoms with Gasteiger partial charge in [0.15, 0.2) is 0 Å². The molecule has 4 N–H and O–H groups in total. The van der Waals surface area contributed by atoms with Crippen molar-refractivity contribution in [1.82, 2.24) is 10.3 Å². The third-order valence-corrected chi connectivity index (χ3v) is 3.07. The number of unbranched alkanes of at least 4 members (excludes halogenated alkanes) is 1. The van der Waals surface area contributed by atoms with E-state index in [1.165, 1.54) is 0 Å². The Labute approximate surface area is 123 Å². The Morgan fingerprint density at radius 3 is 2.81 bits per heavy atom. The summed E-state index contributed by atoms with van der Waals surface area (Å²) in [4.78, 5) is 9.31. The molecule has 0 amide bonds. The molecule has 1 aromatic carbocycles. The third-order valence-electron chi connectivity index (χ3n) is 3.07. The summed E-state index contributed by atoms with van der Waals surface area (Å²) >= 11 is 0. The van der Waals surface area contributed by atoms with Gasteiger partial charge in [-0.05, 0) is 19.4 Å². The Hall–Kier alpha value is -1.26. The maximum absolute atomic E-state index is 12.9. The van der Waals surface area contributed by atoms with Crippen molar-refractivity contribution >= 4 is 11.4 Å². The molecular weight excluding hydrogens is 276 g/mol. The average Bonchev–Trinajstić information content (AvgIpc) is 2.43. The van der Waals surface area contributed by atoms with Gasteiger partial charge in [-0.2, -0.15) is 9.90 Å². The van der Waals surface area contributed by atoms with Crippen molar-refractivity contribution in [3.8, 4) is 0 Å². The zero-order chi connectivity index (χ0) is 15.5. The lowest BCUT2D eigenvalue weighted by Gasteiger charge is -2.49. The monoisotopic (exact) mass is 298 g/mol. The van der Waals surface area contributed by atoms with Crippen molar-refractivity contribution in [2.24, 2.45) is 5.73 Å². The molecule has 1 heterocycles. The summed E-state index contributed by atoms with van der Waals surface area (Å²) < 4.78 is 0. The van der Waals surface area contributed by atoms with Crippen molar-refractivity contribution in [2.75, 3.05) is 18.3 Å². The SMILES string of the molecule is CCCCO[N+]1([O-])NC(N)(O)N(OCC)c2ccccc21. The minimum Gasteiger partial charge on any atom is -0.572 e. The smallest absolute Gasteiger partial charge is 0.324 e. The molecule has 0 fully saturated rings. The Morgan fingerprint density at radius 2 is 2.14 bits per heavy atom. The number of aliphatic hydroxyl groups is 1. The molecule has 0 saturated carbocycles. The van der Waals surface area contributed by atoms with Gasteiger partial charge < -0.3 is 10.3 Å². The number of fused-ring (bicyclic) bond motifs is 1. The van der Waals surface area contributed by atoms with E-state index in [0.29, 0.717) is 5.69 Å². The van der Waals surface area contributed by atoms with Crippen molar-refractivity contribution in [2.45, 2.75) is 32.7 Å². The van der Waals surface area contributed by atoms with E-state index in [2.05, 4.69) is 5.43 Å². The van der Waals surface area contributed by atoms with Crippen LogP contribution in [0.1, 0.15) is 26.7 Å². The fourth-order valence-electron chi connectivity index (χ4n) is 2.13. The lowest BCUT2D eigenvalue weighted by Crippen LogP contribution is -2.78. The number of hydrogen-bond acceptors (Lipinski definition) is 7. The summed E-state index contributed by atoms with van der Waals surface area (Å²) in [6, 6.07) is 6.67. The van der Waals surface area contributed by atoms with Crippen LogP contribution in [-0.4, -0.2) is 24.3 Å². The highest BCUT2D eigenvalue weighted by atomic mass is 17.0. The molecule has 8 nitrogen and oxygen atoms in total. The molecule has 0 radical (unpaired) electrons. The standard InChI is InChI=1S/C13H22N4O4/c1-3-5-10-21-17(19)12-9-7-6-8-11(12)16(20-4-2)13(14,18)15-17/h6-9,15,18H,3-5,10,14H2,1-2H3. The van der Waals surface area contributed by atoms with Gasteiger partial charge in [0.1, 0.15) is 12.3 Å². The molecule has 0 saturated heterocycles. The van der Waals surface area contributed by atoms with Crippen molar-refractivity contribution in [3.63, 3.8) is 0 Å². The Kier molecular flexibility index (Phi) is 4.79. The van der Waals surface area contributed by atoms with Crippen LogP contribution in [0.2, 0.25) is 0 Å². The van der Waals surface area contributed by atoms with Crippen LogP contribution in [0.5, 0.6) is 0 Å². The second-order valence-corrected chi connectivity index (χ2v) is 4.78. The zero-order valence-electron chi connectivity index (χ0n) is 12.3. The first kappa shape index (κ1) is 16.1. The van der Waals surface area contributed by atoms with Crippen LogP contribution < -0.4 is 21.1 Å². The highest BCUT2D eigenvalue weighted by Gasteiger charge is 2.49. The lowest BCUT2D eigenvalue weighted by molar-refractivity contribution is -0.227. The van der Waals surface area contributed by atoms with E-state index in [4.69, 9.17) is 15.4 Å². The fourth-order valence-corrected chi connectivity index (χ4v) is 2.13. The molecule has 0 aromatic heterocycles. The van der Waals surface area contributed by atoms with Crippen LogP contribution in [0.4, 0.5) is 11.4 Å². The normalized spacial score (nSPS) is 28.5. The molecule has 8 heteroatoms. The molecular formula is C13H22N4O4. The highest BCUT2D eigenvalue weighted by molar-refractivity contribution is 5.69. The second kappa shape index (κ2) is 6.24. The van der Waals surface area contributed by atoms with Crippen LogP contribution in [0, 0.1) is 5.21 Å². The van der Waals surface area contributed by atoms with Crippen LogP contribution in [0.3, 0.4) is 0 Å². The summed E-state index contributed by atoms with van der Waals surface area (Å²) in [5.74, 6) is -2.18. The number of hydrogen-bond donors (Lipinski definition) is 3. The number of hydroxylamine groups is 1. The molecule has 2 atom stereocenters. The van der Waals surface area contributed by atoms with E-state index in [1.807, 2.05) is 6.92 Å². The van der Waals surface area contributed by atoms with Gasteiger partial charge in [0.05, 0.1) is 6.61 Å². The lowest BCUT2D eigenvalue weighted by atomic mass is 10.2. The topological polar surface area (TPSA) is 103 Å². The molecule has 118 valence electrons. The summed E-state index contributed by atoms with van der Waals surface area (Å²) in [7, 11) is 0. The quantitative estimate of drug-likeness (QED) is 0.312. The van der Waals surface area contributed by atoms with E-state index in [0.717, 1.165) is 17.9 Å². The number of quaternary nitrogens is 1. The summed E-state index contributed by atoms with van der Waals surface area (Å²) in [6.45, 7) is 4.27.